The van der Waals surface area contributed by atoms with Crippen LogP contribution in [0.5, 0.6) is 0 Å². The van der Waals surface area contributed by atoms with Crippen LogP contribution in [0.4, 0.5) is 10.5 Å². The van der Waals surface area contributed by atoms with E-state index in [1.807, 2.05) is 39.0 Å². The van der Waals surface area contributed by atoms with E-state index in [1.165, 1.54) is 4.90 Å². The molecule has 0 aliphatic heterocycles. The molecule has 10 heteroatoms. The lowest BCUT2D eigenvalue weighted by Crippen LogP contribution is -2.48. The monoisotopic (exact) mass is 638 g/mol. The zero-order chi connectivity index (χ0) is 21.0. The largest absolute Gasteiger partial charge is 0.768 e. The van der Waals surface area contributed by atoms with E-state index in [2.05, 4.69) is 64.8 Å². The first-order valence-electron chi connectivity index (χ1n) is 8.37. The van der Waals surface area contributed by atoms with Crippen LogP contribution in [-0.2, 0) is 20.6 Å². The predicted molar refractivity (Wildman–Crippen MR) is 127 cm³/mol. The van der Waals surface area contributed by atoms with Crippen molar-refractivity contribution >= 4 is 76.1 Å². The Morgan fingerprint density at radius 1 is 1.22 bits per heavy atom. The Hall–Kier alpha value is 0.237. The lowest BCUT2D eigenvalue weighted by molar-refractivity contribution is -0.0442. The first kappa shape index (κ1) is 25.3. The molecule has 27 heavy (non-hydrogen) atoms. The molecule has 154 valence electrons. The summed E-state index contributed by atoms with van der Waals surface area (Å²) in [6, 6.07) is 6.46. The SMILES string of the molecule is CC(C)(C)N(C(=O)OC(OCC[Si](C)(C)C)S(=O)[O-])c1cc(I)cc(I)c1. The Morgan fingerprint density at radius 2 is 1.74 bits per heavy atom. The van der Waals surface area contributed by atoms with Crippen molar-refractivity contribution in [1.82, 2.24) is 0 Å². The molecule has 0 aliphatic carbocycles. The van der Waals surface area contributed by atoms with Gasteiger partial charge in [-0.25, -0.2) is 4.79 Å². The molecular formula is C17H26I2NO5SSi-. The maximum Gasteiger partial charge on any atom is 0.417 e. The van der Waals surface area contributed by atoms with E-state index in [1.54, 1.807) is 0 Å². The minimum Gasteiger partial charge on any atom is -0.768 e. The van der Waals surface area contributed by atoms with Gasteiger partial charge < -0.3 is 14.0 Å². The summed E-state index contributed by atoms with van der Waals surface area (Å²) in [5, 5.41) is 0. The second-order valence-electron chi connectivity index (χ2n) is 8.25. The van der Waals surface area contributed by atoms with Crippen molar-refractivity contribution in [2.75, 3.05) is 11.5 Å². The van der Waals surface area contributed by atoms with Crippen LogP contribution in [-0.4, -0.2) is 40.7 Å². The molecule has 0 N–H and O–H groups in total. The smallest absolute Gasteiger partial charge is 0.417 e. The van der Waals surface area contributed by atoms with Gasteiger partial charge in [0.25, 0.3) is 5.62 Å². The molecule has 0 fully saturated rings. The third-order valence-electron chi connectivity index (χ3n) is 3.42. The van der Waals surface area contributed by atoms with Gasteiger partial charge in [0.05, 0.1) is 0 Å². The Labute approximate surface area is 192 Å². The summed E-state index contributed by atoms with van der Waals surface area (Å²) in [6.45, 7) is 12.3. The van der Waals surface area contributed by atoms with Crippen molar-refractivity contribution < 1.29 is 23.0 Å². The maximum absolute atomic E-state index is 12.8. The van der Waals surface area contributed by atoms with E-state index in [0.717, 1.165) is 13.2 Å². The predicted octanol–water partition coefficient (Wildman–Crippen LogP) is 5.15. The summed E-state index contributed by atoms with van der Waals surface area (Å²) in [6.07, 6.45) is -0.762. The first-order chi connectivity index (χ1) is 12.2. The molecule has 1 rings (SSSR count). The quantitative estimate of drug-likeness (QED) is 0.179. The van der Waals surface area contributed by atoms with Gasteiger partial charge in [0.15, 0.2) is 0 Å². The summed E-state index contributed by atoms with van der Waals surface area (Å²) in [5.41, 5.74) is -1.60. The topological polar surface area (TPSA) is 78.9 Å². The molecule has 2 atom stereocenters. The third-order valence-corrected chi connectivity index (χ3v) is 6.92. The van der Waals surface area contributed by atoms with Crippen LogP contribution in [0.3, 0.4) is 0 Å². The maximum atomic E-state index is 12.8. The van der Waals surface area contributed by atoms with Crippen LogP contribution in [0.15, 0.2) is 18.2 Å². The molecule has 0 aliphatic rings. The molecule has 0 bridgehead atoms. The Kier molecular flexibility index (Phi) is 9.66. The van der Waals surface area contributed by atoms with E-state index < -0.39 is 36.4 Å². The second-order valence-corrected chi connectivity index (χ2v) is 17.3. The molecule has 6 nitrogen and oxygen atoms in total. The molecule has 2 unspecified atom stereocenters. The minimum atomic E-state index is -2.69. The fourth-order valence-electron chi connectivity index (χ4n) is 2.16. The first-order valence-corrected chi connectivity index (χ1v) is 15.4. The average Bonchev–Trinajstić information content (AvgIpc) is 2.42. The average molecular weight is 638 g/mol. The van der Waals surface area contributed by atoms with Gasteiger partial charge in [-0.3, -0.25) is 9.11 Å². The molecule has 0 heterocycles. The van der Waals surface area contributed by atoms with Gasteiger partial charge in [-0.2, -0.15) is 0 Å². The van der Waals surface area contributed by atoms with Crippen molar-refractivity contribution in [2.45, 2.75) is 57.6 Å². The fraction of sp³-hybridized carbons (Fsp3) is 0.588. The summed E-state index contributed by atoms with van der Waals surface area (Å²) in [5.74, 6) is 0. The van der Waals surface area contributed by atoms with Gasteiger partial charge in [0.2, 0.25) is 0 Å². The fourth-order valence-corrected chi connectivity index (χ4v) is 5.16. The summed E-state index contributed by atoms with van der Waals surface area (Å²) in [7, 11) is -1.39. The zero-order valence-electron chi connectivity index (χ0n) is 16.4. The number of benzene rings is 1. The highest BCUT2D eigenvalue weighted by Gasteiger charge is 2.32. The van der Waals surface area contributed by atoms with Gasteiger partial charge in [0, 0.05) is 44.1 Å². The number of nitrogens with zero attached hydrogens (tertiary/aromatic N) is 1. The van der Waals surface area contributed by atoms with Crippen molar-refractivity contribution in [2.24, 2.45) is 0 Å². The lowest BCUT2D eigenvalue weighted by atomic mass is 10.1. The van der Waals surface area contributed by atoms with E-state index in [9.17, 15) is 13.6 Å². The third kappa shape index (κ3) is 9.06. The number of hydrogen-bond donors (Lipinski definition) is 0. The zero-order valence-corrected chi connectivity index (χ0v) is 22.5. The lowest BCUT2D eigenvalue weighted by Gasteiger charge is -2.36. The van der Waals surface area contributed by atoms with Gasteiger partial charge in [-0.1, -0.05) is 19.6 Å². The number of halogens is 2. The number of carbonyl (C=O) groups is 1. The molecule has 0 saturated heterocycles. The van der Waals surface area contributed by atoms with Crippen molar-refractivity contribution in [3.8, 4) is 0 Å². The second kappa shape index (κ2) is 10.3. The van der Waals surface area contributed by atoms with Gasteiger partial charge in [-0.05, 0) is 90.2 Å². The number of ether oxygens (including phenoxy) is 2. The molecule has 1 amide bonds. The molecule has 1 aromatic carbocycles. The van der Waals surface area contributed by atoms with Gasteiger partial charge >= 0.3 is 6.09 Å². The van der Waals surface area contributed by atoms with E-state index >= 15 is 0 Å². The standard InChI is InChI=1S/C17H27I2NO5SSi/c1-17(2,3)20(14-10-12(18)9-13(19)11-14)15(21)25-16(26(22)23)24-7-8-27(4,5)6/h9-11,16H,7-8H2,1-6H3,(H,22,23)/p-1. The van der Waals surface area contributed by atoms with Crippen LogP contribution in [0, 0.1) is 7.14 Å². The molecule has 0 aromatic heterocycles. The number of amides is 1. The minimum absolute atomic E-state index is 0.234. The molecule has 0 radical (unpaired) electrons. The van der Waals surface area contributed by atoms with Crippen LogP contribution in [0.1, 0.15) is 20.8 Å². The van der Waals surface area contributed by atoms with Gasteiger partial charge in [0.1, 0.15) is 0 Å². The highest BCUT2D eigenvalue weighted by molar-refractivity contribution is 14.1. The Morgan fingerprint density at radius 3 is 2.15 bits per heavy atom. The molecule has 0 spiro atoms. The molecule has 0 saturated carbocycles. The Bertz CT molecular complexity index is 671. The van der Waals surface area contributed by atoms with E-state index in [0.29, 0.717) is 5.69 Å². The number of hydrogen-bond acceptors (Lipinski definition) is 5. The van der Waals surface area contributed by atoms with E-state index in [-0.39, 0.29) is 6.61 Å². The van der Waals surface area contributed by atoms with Crippen molar-refractivity contribution in [3.05, 3.63) is 25.3 Å². The van der Waals surface area contributed by atoms with Gasteiger partial charge in [-0.15, -0.1) is 0 Å². The number of carbonyl (C=O) groups excluding carboxylic acids is 1. The van der Waals surface area contributed by atoms with Crippen LogP contribution >= 0.6 is 45.2 Å². The summed E-state index contributed by atoms with van der Waals surface area (Å²) < 4.78 is 35.5. The van der Waals surface area contributed by atoms with Crippen molar-refractivity contribution in [3.63, 3.8) is 0 Å². The van der Waals surface area contributed by atoms with Crippen molar-refractivity contribution in [1.29, 1.82) is 0 Å². The number of rotatable bonds is 7. The van der Waals surface area contributed by atoms with Crippen LogP contribution in [0.25, 0.3) is 0 Å². The Balaban J connectivity index is 3.02. The number of anilines is 1. The summed E-state index contributed by atoms with van der Waals surface area (Å²) in [4.78, 5) is 14.3. The normalized spacial score (nSPS) is 14.6. The summed E-state index contributed by atoms with van der Waals surface area (Å²) >= 11 is 1.66. The molecule has 1 aromatic rings. The highest BCUT2D eigenvalue weighted by Crippen LogP contribution is 2.29. The van der Waals surface area contributed by atoms with Crippen LogP contribution < -0.4 is 4.90 Å². The molecular weight excluding hydrogens is 612 g/mol. The van der Waals surface area contributed by atoms with Crippen LogP contribution in [0.2, 0.25) is 25.7 Å². The van der Waals surface area contributed by atoms with E-state index in [4.69, 9.17) is 9.47 Å². The highest BCUT2D eigenvalue weighted by atomic mass is 127.